The van der Waals surface area contributed by atoms with Gasteiger partial charge in [-0.2, -0.15) is 0 Å². The molecule has 4 heteroatoms. The van der Waals surface area contributed by atoms with E-state index in [4.69, 9.17) is 5.73 Å². The number of amides is 1. The van der Waals surface area contributed by atoms with Crippen molar-refractivity contribution >= 4 is 33.0 Å². The van der Waals surface area contributed by atoms with Gasteiger partial charge in [-0.05, 0) is 25.3 Å². The minimum Gasteiger partial charge on any atom is -0.397 e. The SMILES string of the molecule is CCCC(CC)NC(=O)c1sc2c(C)cccc2c1N. The van der Waals surface area contributed by atoms with Crippen molar-refractivity contribution in [1.29, 1.82) is 0 Å². The molecule has 0 saturated carbocycles. The Balaban J connectivity index is 2.31. The molecule has 1 amide bonds. The van der Waals surface area contributed by atoms with Crippen molar-refractivity contribution < 1.29 is 4.79 Å². The molecule has 0 bridgehead atoms. The van der Waals surface area contributed by atoms with E-state index in [0.717, 1.165) is 29.3 Å². The van der Waals surface area contributed by atoms with Crippen LogP contribution in [0.25, 0.3) is 10.1 Å². The summed E-state index contributed by atoms with van der Waals surface area (Å²) < 4.78 is 1.11. The van der Waals surface area contributed by atoms with Gasteiger partial charge in [0.15, 0.2) is 0 Å². The van der Waals surface area contributed by atoms with Crippen molar-refractivity contribution in [1.82, 2.24) is 5.32 Å². The van der Waals surface area contributed by atoms with Crippen LogP contribution in [-0.2, 0) is 0 Å². The van der Waals surface area contributed by atoms with Crippen molar-refractivity contribution in [2.75, 3.05) is 5.73 Å². The summed E-state index contributed by atoms with van der Waals surface area (Å²) in [6.45, 7) is 6.27. The zero-order chi connectivity index (χ0) is 14.7. The monoisotopic (exact) mass is 290 g/mol. The number of nitrogen functional groups attached to an aromatic ring is 1. The number of nitrogens with one attached hydrogen (secondary N) is 1. The lowest BCUT2D eigenvalue weighted by atomic mass is 10.1. The first-order valence-corrected chi connectivity index (χ1v) is 7.98. The number of fused-ring (bicyclic) bond motifs is 1. The molecule has 0 radical (unpaired) electrons. The topological polar surface area (TPSA) is 55.1 Å². The summed E-state index contributed by atoms with van der Waals surface area (Å²) in [5.74, 6) is -0.0385. The molecule has 3 N–H and O–H groups in total. The number of hydrogen-bond donors (Lipinski definition) is 2. The van der Waals surface area contributed by atoms with Gasteiger partial charge in [0.25, 0.3) is 5.91 Å². The second-order valence-electron chi connectivity index (χ2n) is 5.16. The molecule has 0 aliphatic heterocycles. The predicted octanol–water partition coefficient (Wildman–Crippen LogP) is 4.10. The summed E-state index contributed by atoms with van der Waals surface area (Å²) in [4.78, 5) is 13.1. The Morgan fingerprint density at radius 1 is 1.40 bits per heavy atom. The van der Waals surface area contributed by atoms with E-state index in [2.05, 4.69) is 19.2 Å². The number of aryl methyl sites for hydroxylation is 1. The van der Waals surface area contributed by atoms with Gasteiger partial charge < -0.3 is 11.1 Å². The molecule has 1 aromatic carbocycles. The summed E-state index contributed by atoms with van der Waals surface area (Å²) in [5.41, 5.74) is 7.92. The number of thiophene rings is 1. The van der Waals surface area contributed by atoms with E-state index in [1.54, 1.807) is 0 Å². The normalized spacial score (nSPS) is 12.6. The van der Waals surface area contributed by atoms with Crippen molar-refractivity contribution in [3.63, 3.8) is 0 Å². The van der Waals surface area contributed by atoms with Crippen LogP contribution in [0, 0.1) is 6.92 Å². The zero-order valence-electron chi connectivity index (χ0n) is 12.3. The Labute approximate surface area is 124 Å². The van der Waals surface area contributed by atoms with Gasteiger partial charge in [-0.3, -0.25) is 4.79 Å². The molecular weight excluding hydrogens is 268 g/mol. The molecule has 1 unspecified atom stereocenters. The molecule has 0 aliphatic carbocycles. The van der Waals surface area contributed by atoms with Crippen LogP contribution in [0.5, 0.6) is 0 Å². The molecule has 3 nitrogen and oxygen atoms in total. The molecule has 2 aromatic rings. The molecule has 1 heterocycles. The van der Waals surface area contributed by atoms with Crippen LogP contribution in [0.15, 0.2) is 18.2 Å². The number of hydrogen-bond acceptors (Lipinski definition) is 3. The second kappa shape index (κ2) is 6.27. The molecule has 1 atom stereocenters. The van der Waals surface area contributed by atoms with E-state index >= 15 is 0 Å². The van der Waals surface area contributed by atoms with Crippen molar-refractivity contribution in [3.8, 4) is 0 Å². The minimum absolute atomic E-state index is 0.0385. The predicted molar refractivity (Wildman–Crippen MR) is 87.4 cm³/mol. The summed E-state index contributed by atoms with van der Waals surface area (Å²) >= 11 is 1.49. The lowest BCUT2D eigenvalue weighted by Gasteiger charge is -2.15. The van der Waals surface area contributed by atoms with Gasteiger partial charge in [0.05, 0.1) is 5.69 Å². The number of benzene rings is 1. The highest BCUT2D eigenvalue weighted by molar-refractivity contribution is 7.21. The third kappa shape index (κ3) is 2.80. The van der Waals surface area contributed by atoms with Gasteiger partial charge in [-0.15, -0.1) is 11.3 Å². The van der Waals surface area contributed by atoms with Gasteiger partial charge in [0, 0.05) is 16.1 Å². The van der Waals surface area contributed by atoms with Gasteiger partial charge in [0.1, 0.15) is 4.88 Å². The smallest absolute Gasteiger partial charge is 0.263 e. The first kappa shape index (κ1) is 14.9. The number of carbonyl (C=O) groups is 1. The van der Waals surface area contributed by atoms with Crippen molar-refractivity contribution in [2.24, 2.45) is 0 Å². The van der Waals surface area contributed by atoms with Crippen LogP contribution in [0.1, 0.15) is 48.3 Å². The van der Waals surface area contributed by atoms with Gasteiger partial charge in [0.2, 0.25) is 0 Å². The number of nitrogens with two attached hydrogens (primary N) is 1. The van der Waals surface area contributed by atoms with Crippen LogP contribution in [-0.4, -0.2) is 11.9 Å². The fourth-order valence-corrected chi connectivity index (χ4v) is 3.52. The molecule has 0 aliphatic rings. The maximum absolute atomic E-state index is 12.4. The second-order valence-corrected chi connectivity index (χ2v) is 6.18. The van der Waals surface area contributed by atoms with Crippen LogP contribution in [0.4, 0.5) is 5.69 Å². The van der Waals surface area contributed by atoms with E-state index < -0.39 is 0 Å². The summed E-state index contributed by atoms with van der Waals surface area (Å²) in [6.07, 6.45) is 3.02. The first-order chi connectivity index (χ1) is 9.58. The van der Waals surface area contributed by atoms with E-state index in [1.165, 1.54) is 16.9 Å². The summed E-state index contributed by atoms with van der Waals surface area (Å²) in [7, 11) is 0. The fourth-order valence-electron chi connectivity index (χ4n) is 2.43. The third-order valence-corrected chi connectivity index (χ3v) is 4.98. The highest BCUT2D eigenvalue weighted by atomic mass is 32.1. The third-order valence-electron chi connectivity index (χ3n) is 3.62. The quantitative estimate of drug-likeness (QED) is 0.871. The van der Waals surface area contributed by atoms with Crippen molar-refractivity contribution in [3.05, 3.63) is 28.6 Å². The first-order valence-electron chi connectivity index (χ1n) is 7.16. The lowest BCUT2D eigenvalue weighted by Crippen LogP contribution is -2.34. The summed E-state index contributed by atoms with van der Waals surface area (Å²) in [5, 5.41) is 4.09. The van der Waals surface area contributed by atoms with Crippen molar-refractivity contribution in [2.45, 2.75) is 46.1 Å². The minimum atomic E-state index is -0.0385. The molecule has 0 saturated heterocycles. The average molecular weight is 290 g/mol. The molecule has 2 rings (SSSR count). The highest BCUT2D eigenvalue weighted by Gasteiger charge is 2.19. The largest absolute Gasteiger partial charge is 0.397 e. The van der Waals surface area contributed by atoms with E-state index in [1.807, 2.05) is 25.1 Å². The number of carbonyl (C=O) groups excluding carboxylic acids is 1. The number of rotatable bonds is 5. The maximum Gasteiger partial charge on any atom is 0.263 e. The molecule has 108 valence electrons. The van der Waals surface area contributed by atoms with Gasteiger partial charge >= 0.3 is 0 Å². The van der Waals surface area contributed by atoms with E-state index in [0.29, 0.717) is 10.6 Å². The van der Waals surface area contributed by atoms with E-state index in [-0.39, 0.29) is 11.9 Å². The van der Waals surface area contributed by atoms with Crippen LogP contribution < -0.4 is 11.1 Å². The average Bonchev–Trinajstić information content (AvgIpc) is 2.77. The fraction of sp³-hybridized carbons (Fsp3) is 0.438. The van der Waals surface area contributed by atoms with Gasteiger partial charge in [-0.25, -0.2) is 0 Å². The Morgan fingerprint density at radius 3 is 2.75 bits per heavy atom. The molecule has 0 fully saturated rings. The van der Waals surface area contributed by atoms with Crippen LogP contribution in [0.3, 0.4) is 0 Å². The summed E-state index contributed by atoms with van der Waals surface area (Å²) in [6, 6.07) is 6.24. The highest BCUT2D eigenvalue weighted by Crippen LogP contribution is 2.35. The zero-order valence-corrected chi connectivity index (χ0v) is 13.1. The Morgan fingerprint density at radius 2 is 2.15 bits per heavy atom. The van der Waals surface area contributed by atoms with Gasteiger partial charge in [-0.1, -0.05) is 38.5 Å². The number of anilines is 1. The Kier molecular flexibility index (Phi) is 4.65. The van der Waals surface area contributed by atoms with Crippen LogP contribution in [0.2, 0.25) is 0 Å². The Hall–Kier alpha value is -1.55. The Bertz CT molecular complexity index is 618. The standard InChI is InChI=1S/C16H22N2OS/c1-4-7-11(5-2)18-16(19)15-13(17)12-9-6-8-10(3)14(12)20-15/h6,8-9,11H,4-5,7,17H2,1-3H3,(H,18,19). The maximum atomic E-state index is 12.4. The molecular formula is C16H22N2OS. The molecule has 0 spiro atoms. The molecule has 20 heavy (non-hydrogen) atoms. The molecule has 1 aromatic heterocycles. The lowest BCUT2D eigenvalue weighted by molar-refractivity contribution is 0.0938. The van der Waals surface area contributed by atoms with E-state index in [9.17, 15) is 4.79 Å². The van der Waals surface area contributed by atoms with Crippen LogP contribution >= 0.6 is 11.3 Å².